The van der Waals surface area contributed by atoms with E-state index in [-0.39, 0.29) is 10.9 Å². The monoisotopic (exact) mass is 203 g/mol. The molecular formula is C9H25N3Si. The molecular weight excluding hydrogens is 178 g/mol. The molecule has 0 aromatic carbocycles. The van der Waals surface area contributed by atoms with Gasteiger partial charge in [0.1, 0.15) is 0 Å². The molecule has 0 saturated carbocycles. The van der Waals surface area contributed by atoms with Gasteiger partial charge in [-0.05, 0) is 41.4 Å². The first kappa shape index (κ1) is 13.1. The summed E-state index contributed by atoms with van der Waals surface area (Å²) in [5, 5.41) is 6.72. The SMILES string of the molecule is CCN(C(C)(C)C)C([SiH3])(NC)NC. The fourth-order valence-corrected chi connectivity index (χ4v) is 2.84. The molecule has 3 nitrogen and oxygen atoms in total. The summed E-state index contributed by atoms with van der Waals surface area (Å²) < 4.78 is 0. The third kappa shape index (κ3) is 3.05. The van der Waals surface area contributed by atoms with E-state index < -0.39 is 0 Å². The molecule has 0 radical (unpaired) electrons. The van der Waals surface area contributed by atoms with Gasteiger partial charge in [-0.15, -0.1) is 0 Å². The first-order valence-corrected chi connectivity index (χ1v) is 5.97. The van der Waals surface area contributed by atoms with Gasteiger partial charge in [0, 0.05) is 5.54 Å². The number of nitrogens with zero attached hydrogens (tertiary/aromatic N) is 1. The van der Waals surface area contributed by atoms with E-state index in [1.807, 2.05) is 14.1 Å². The summed E-state index contributed by atoms with van der Waals surface area (Å²) in [6, 6.07) is 0. The Morgan fingerprint density at radius 2 is 1.54 bits per heavy atom. The van der Waals surface area contributed by atoms with Crippen LogP contribution >= 0.6 is 0 Å². The summed E-state index contributed by atoms with van der Waals surface area (Å²) in [6.45, 7) is 9.99. The first-order valence-electron chi connectivity index (χ1n) is 4.97. The van der Waals surface area contributed by atoms with Gasteiger partial charge in [-0.3, -0.25) is 15.5 Å². The van der Waals surface area contributed by atoms with Crippen molar-refractivity contribution in [2.45, 2.75) is 38.6 Å². The summed E-state index contributed by atoms with van der Waals surface area (Å²) in [7, 11) is 5.07. The smallest absolute Gasteiger partial charge is 0.0995 e. The van der Waals surface area contributed by atoms with Gasteiger partial charge in [0.2, 0.25) is 0 Å². The molecule has 4 heteroatoms. The highest BCUT2D eigenvalue weighted by Gasteiger charge is 2.34. The van der Waals surface area contributed by atoms with Crippen molar-refractivity contribution in [3.63, 3.8) is 0 Å². The normalized spacial score (nSPS) is 14.1. The van der Waals surface area contributed by atoms with Crippen molar-refractivity contribution in [3.8, 4) is 0 Å². The number of nitrogens with one attached hydrogen (secondary N) is 2. The second-order valence-electron chi connectivity index (χ2n) is 4.49. The van der Waals surface area contributed by atoms with E-state index >= 15 is 0 Å². The molecule has 0 rings (SSSR count). The van der Waals surface area contributed by atoms with E-state index in [2.05, 4.69) is 43.2 Å². The van der Waals surface area contributed by atoms with Gasteiger partial charge in [0.05, 0.1) is 15.7 Å². The summed E-state index contributed by atoms with van der Waals surface area (Å²) in [6.07, 6.45) is 0. The highest BCUT2D eigenvalue weighted by Crippen LogP contribution is 2.18. The minimum absolute atomic E-state index is 0.00694. The Morgan fingerprint density at radius 1 is 1.15 bits per heavy atom. The second-order valence-corrected chi connectivity index (χ2v) is 5.93. The van der Waals surface area contributed by atoms with Gasteiger partial charge >= 0.3 is 0 Å². The molecule has 13 heavy (non-hydrogen) atoms. The Morgan fingerprint density at radius 3 is 1.62 bits per heavy atom. The van der Waals surface area contributed by atoms with Crippen LogP contribution in [0.4, 0.5) is 0 Å². The minimum Gasteiger partial charge on any atom is -0.294 e. The summed E-state index contributed by atoms with van der Waals surface area (Å²) in [5.41, 5.74) is 0.204. The molecule has 0 aliphatic carbocycles. The number of rotatable bonds is 4. The van der Waals surface area contributed by atoms with Crippen LogP contribution in [0, 0.1) is 0 Å². The lowest BCUT2D eigenvalue weighted by Gasteiger charge is -2.48. The third-order valence-electron chi connectivity index (χ3n) is 2.64. The van der Waals surface area contributed by atoms with Crippen molar-refractivity contribution in [2.24, 2.45) is 0 Å². The molecule has 0 amide bonds. The zero-order valence-electron chi connectivity index (χ0n) is 10.2. The molecule has 0 saturated heterocycles. The van der Waals surface area contributed by atoms with Gasteiger partial charge in [0.15, 0.2) is 0 Å². The van der Waals surface area contributed by atoms with Crippen LogP contribution in [0.5, 0.6) is 0 Å². The van der Waals surface area contributed by atoms with Crippen LogP contribution in [-0.2, 0) is 0 Å². The quantitative estimate of drug-likeness (QED) is 0.477. The van der Waals surface area contributed by atoms with E-state index in [0.29, 0.717) is 0 Å². The molecule has 0 bridgehead atoms. The molecule has 0 aromatic rings. The molecule has 0 aromatic heterocycles. The average Bonchev–Trinajstić information content (AvgIpc) is 2.02. The maximum Gasteiger partial charge on any atom is 0.0995 e. The number of hydrogen-bond donors (Lipinski definition) is 2. The van der Waals surface area contributed by atoms with E-state index in [4.69, 9.17) is 0 Å². The van der Waals surface area contributed by atoms with E-state index in [0.717, 1.165) is 16.8 Å². The topological polar surface area (TPSA) is 27.3 Å². The fraction of sp³-hybridized carbons (Fsp3) is 1.00. The molecule has 2 N–H and O–H groups in total. The van der Waals surface area contributed by atoms with E-state index in [9.17, 15) is 0 Å². The Bertz CT molecular complexity index is 149. The Kier molecular flexibility index (Phi) is 4.58. The lowest BCUT2D eigenvalue weighted by molar-refractivity contribution is 0.0284. The van der Waals surface area contributed by atoms with Crippen molar-refractivity contribution in [1.82, 2.24) is 15.5 Å². The van der Waals surface area contributed by atoms with Crippen molar-refractivity contribution >= 4 is 10.2 Å². The second kappa shape index (κ2) is 4.55. The highest BCUT2D eigenvalue weighted by molar-refractivity contribution is 6.14. The highest BCUT2D eigenvalue weighted by atomic mass is 28.1. The lowest BCUT2D eigenvalue weighted by Crippen LogP contribution is -2.70. The predicted octanol–water partition coefficient (Wildman–Crippen LogP) is -0.478. The standard InChI is InChI=1S/C9H25N3Si/c1-7-12(8(2,3)4)9(13,10-5)11-6/h10-11H,7H2,1-6,13H3. The van der Waals surface area contributed by atoms with E-state index in [1.165, 1.54) is 0 Å². The van der Waals surface area contributed by atoms with Crippen LogP contribution in [0.25, 0.3) is 0 Å². The van der Waals surface area contributed by atoms with Crippen molar-refractivity contribution in [2.75, 3.05) is 20.6 Å². The summed E-state index contributed by atoms with van der Waals surface area (Å²) in [5.74, 6) is 0. The largest absolute Gasteiger partial charge is 0.294 e. The Hall–Kier alpha value is 0.0969. The molecule has 0 heterocycles. The Labute approximate surface area is 85.7 Å². The molecule has 0 fully saturated rings. The molecule has 0 unspecified atom stereocenters. The van der Waals surface area contributed by atoms with Gasteiger partial charge in [-0.1, -0.05) is 6.92 Å². The van der Waals surface area contributed by atoms with Crippen LogP contribution in [0.15, 0.2) is 0 Å². The van der Waals surface area contributed by atoms with Crippen LogP contribution in [0.1, 0.15) is 27.7 Å². The van der Waals surface area contributed by atoms with Crippen LogP contribution in [0.2, 0.25) is 0 Å². The summed E-state index contributed by atoms with van der Waals surface area (Å²) >= 11 is 0. The maximum atomic E-state index is 3.36. The van der Waals surface area contributed by atoms with Gasteiger partial charge < -0.3 is 0 Å². The minimum atomic E-state index is 0.00694. The maximum absolute atomic E-state index is 3.36. The molecule has 0 aliphatic heterocycles. The van der Waals surface area contributed by atoms with Gasteiger partial charge in [-0.25, -0.2) is 0 Å². The fourth-order valence-electron chi connectivity index (χ4n) is 1.86. The zero-order chi connectivity index (χ0) is 10.7. The van der Waals surface area contributed by atoms with E-state index in [1.54, 1.807) is 0 Å². The van der Waals surface area contributed by atoms with Crippen LogP contribution < -0.4 is 10.6 Å². The number of hydrogen-bond acceptors (Lipinski definition) is 3. The Balaban J connectivity index is 4.74. The molecule has 80 valence electrons. The zero-order valence-corrected chi connectivity index (χ0v) is 12.2. The first-order chi connectivity index (χ1) is 5.81. The van der Waals surface area contributed by atoms with Gasteiger partial charge in [0.25, 0.3) is 0 Å². The predicted molar refractivity (Wildman–Crippen MR) is 62.9 cm³/mol. The molecule has 0 atom stereocenters. The molecule has 0 aliphatic rings. The van der Waals surface area contributed by atoms with Crippen molar-refractivity contribution in [1.29, 1.82) is 0 Å². The third-order valence-corrected chi connectivity index (χ3v) is 4.18. The lowest BCUT2D eigenvalue weighted by atomic mass is 10.1. The van der Waals surface area contributed by atoms with Crippen LogP contribution in [0.3, 0.4) is 0 Å². The molecule has 0 spiro atoms. The van der Waals surface area contributed by atoms with Gasteiger partial charge in [-0.2, -0.15) is 0 Å². The summed E-state index contributed by atoms with van der Waals surface area (Å²) in [4.78, 5) is 2.45. The van der Waals surface area contributed by atoms with Crippen molar-refractivity contribution in [3.05, 3.63) is 0 Å². The van der Waals surface area contributed by atoms with Crippen LogP contribution in [-0.4, -0.2) is 46.7 Å². The van der Waals surface area contributed by atoms with Crippen molar-refractivity contribution < 1.29 is 0 Å². The average molecular weight is 203 g/mol.